The van der Waals surface area contributed by atoms with Gasteiger partial charge in [-0.2, -0.15) is 25.7 Å². The number of aliphatic hydroxyl groups excluding tert-OH is 1. The number of amides is 4. The summed E-state index contributed by atoms with van der Waals surface area (Å²) in [5, 5.41) is 59.0. The van der Waals surface area contributed by atoms with Gasteiger partial charge in [-0.25, -0.2) is 4.39 Å². The molecule has 9 aromatic carbocycles. The molecule has 0 spiro atoms. The first-order valence-electron chi connectivity index (χ1n) is 34.4. The number of H-pyrrole nitrogens is 4. The van der Waals surface area contributed by atoms with E-state index in [0.717, 1.165) is 38.9 Å². The molecule has 4 amide bonds. The summed E-state index contributed by atoms with van der Waals surface area (Å²) in [4.78, 5) is 49.6. The highest BCUT2D eigenvalue weighted by Crippen LogP contribution is 2.37. The maximum atomic E-state index is 13.6. The van der Waals surface area contributed by atoms with Crippen molar-refractivity contribution < 1.29 is 52.0 Å². The smallest absolute Gasteiger partial charge is 0.255 e. The predicted molar refractivity (Wildman–Crippen MR) is 430 cm³/mol. The van der Waals surface area contributed by atoms with Gasteiger partial charge in [0.2, 0.25) is 5.91 Å². The van der Waals surface area contributed by atoms with Crippen molar-refractivity contribution in [2.45, 2.75) is 25.6 Å². The zero-order chi connectivity index (χ0) is 78.5. The number of aromatic nitrogens is 8. The molecular formula is C84H77FN16O10. The molecule has 111 heavy (non-hydrogen) atoms. The van der Waals surface area contributed by atoms with Crippen molar-refractivity contribution in [3.63, 3.8) is 0 Å². The van der Waals surface area contributed by atoms with Gasteiger partial charge in [-0.3, -0.25) is 39.6 Å². The number of aromatic amines is 4. The zero-order valence-corrected chi connectivity index (χ0v) is 60.7. The monoisotopic (exact) mass is 1490 g/mol. The summed E-state index contributed by atoms with van der Waals surface area (Å²) in [5.41, 5.74) is 35.7. The highest BCUT2D eigenvalue weighted by Gasteiger charge is 2.25. The van der Waals surface area contributed by atoms with E-state index in [1.54, 1.807) is 104 Å². The topological polar surface area (TPSA) is 417 Å². The van der Waals surface area contributed by atoms with E-state index in [0.29, 0.717) is 124 Å². The number of nitrogen functional groups attached to an aromatic ring is 3. The lowest BCUT2D eigenvalue weighted by Crippen LogP contribution is -2.42. The highest BCUT2D eigenvalue weighted by molar-refractivity contribution is 6.08. The number of furan rings is 1. The molecule has 14 rings (SSSR count). The molecule has 0 aliphatic carbocycles. The van der Waals surface area contributed by atoms with Crippen LogP contribution < -0.4 is 57.8 Å². The van der Waals surface area contributed by atoms with Crippen molar-refractivity contribution in [2.75, 3.05) is 52.2 Å². The maximum Gasteiger partial charge on any atom is 0.255 e. The number of anilines is 3. The number of aliphatic hydroxyl groups is 1. The van der Waals surface area contributed by atoms with E-state index in [2.05, 4.69) is 62.8 Å². The van der Waals surface area contributed by atoms with Crippen LogP contribution in [0.1, 0.15) is 106 Å². The van der Waals surface area contributed by atoms with Gasteiger partial charge in [0.15, 0.2) is 0 Å². The first-order chi connectivity index (χ1) is 53.9. The molecular weight excluding hydrogens is 1410 g/mol. The third kappa shape index (κ3) is 18.6. The van der Waals surface area contributed by atoms with Gasteiger partial charge in [0, 0.05) is 22.6 Å². The molecule has 0 saturated carbocycles. The molecule has 16 N–H and O–H groups in total. The normalized spacial score (nSPS) is 11.7. The molecule has 0 unspecified atom stereocenters. The zero-order valence-electron chi connectivity index (χ0n) is 60.7. The van der Waals surface area contributed by atoms with Gasteiger partial charge in [0.05, 0.1) is 143 Å². The lowest BCUT2D eigenvalue weighted by atomic mass is 10.0. The number of nitrogens with two attached hydrogens (primary N) is 4. The standard InChI is InChI=1S/C25H24N4O3.C22H20N4O3.C20H21N5O3.C17H12FN3O/c1-32-24-19(25(31)27-22(15-30)17-5-3-2-4-6-17)12-14-21-23(24)20(28-29-21)13-9-16-7-10-18(26)11-8-16;1-28-21-17(22(27)24-13-16-3-2-12-29-16)9-11-19-20(21)18(25-26-19)10-6-14-4-7-15(23)8-5-14;1-11(19(22)26)23-20(27)14-8-10-16-17(18(14)28-2)15(24-25-16)9-5-12-3-6-13(21)7-4-12;1-22-17-12(10-19)7-9-15-16(17)14(20-21-15)8-6-11-4-2-3-5-13(11)18/h2-14,22,30H,15,26H2,1H3,(H,27,31)(H,28,29);2-12H,13,23H2,1H3,(H,24,27)(H,25,26);3-11H,21H2,1-2H3,(H2,22,26)(H,23,27)(H,24,25);2-9H,1H3,(H,20,21)/b13-9+;10-6+;9-5+;8-6+/t22-;;11-;/m1.0./s1. The van der Waals surface area contributed by atoms with E-state index in [1.165, 1.54) is 34.3 Å². The average molecular weight is 1490 g/mol. The SMILES string of the molecule is COc1c(C#N)ccc2[nH]nc(/C=C/c3ccccc3F)c12.COc1c(C(=O)NCc2ccco2)ccc2n[nH]c(/C=C/c3ccc(N)cc3)c12.COc1c(C(=O)N[C@@H](C)C(N)=O)ccc2n[nH]c(/C=C/c3ccc(N)cc3)c12.COc1c(C(=O)N[C@H](CO)c2ccccc2)ccc2n[nH]c(/C=C/c3ccc(N)cc3)c12. The Morgan fingerprint density at radius 3 is 1.41 bits per heavy atom. The second kappa shape index (κ2) is 36.3. The number of carbonyl (C=O) groups is 4. The molecule has 0 aliphatic heterocycles. The molecule has 26 nitrogen and oxygen atoms in total. The van der Waals surface area contributed by atoms with E-state index in [9.17, 15) is 28.7 Å². The quantitative estimate of drug-likeness (QED) is 0.0280. The van der Waals surface area contributed by atoms with Crippen LogP contribution in [-0.2, 0) is 11.3 Å². The minimum Gasteiger partial charge on any atom is -0.495 e. The van der Waals surface area contributed by atoms with Crippen molar-refractivity contribution in [3.8, 4) is 29.1 Å². The summed E-state index contributed by atoms with van der Waals surface area (Å²) < 4.78 is 41.0. The fraction of sp³-hybridized carbons (Fsp3) is 0.107. The number of rotatable bonds is 22. The lowest BCUT2D eigenvalue weighted by Gasteiger charge is -2.18. The first-order valence-corrected chi connectivity index (χ1v) is 34.4. The average Bonchev–Trinajstić information content (AvgIpc) is 1.75. The third-order valence-electron chi connectivity index (χ3n) is 17.4. The van der Waals surface area contributed by atoms with Crippen LogP contribution in [-0.4, -0.2) is 111 Å². The summed E-state index contributed by atoms with van der Waals surface area (Å²) in [6.45, 7) is 1.59. The van der Waals surface area contributed by atoms with Crippen LogP contribution in [0.4, 0.5) is 21.5 Å². The van der Waals surface area contributed by atoms with E-state index in [-0.39, 0.29) is 29.8 Å². The molecule has 5 aromatic heterocycles. The van der Waals surface area contributed by atoms with E-state index in [4.69, 9.17) is 51.6 Å². The number of methoxy groups -OCH3 is 4. The number of nitriles is 1. The molecule has 2 atom stereocenters. The first kappa shape index (κ1) is 77.1. The van der Waals surface area contributed by atoms with Crippen LogP contribution in [0.3, 0.4) is 0 Å². The van der Waals surface area contributed by atoms with Gasteiger partial charge in [-0.05, 0) is 163 Å². The summed E-state index contributed by atoms with van der Waals surface area (Å²) in [7, 11) is 6.04. The van der Waals surface area contributed by atoms with Crippen LogP contribution >= 0.6 is 0 Å². The minimum absolute atomic E-state index is 0.221. The summed E-state index contributed by atoms with van der Waals surface area (Å²) in [6, 6.07) is 56.2. The summed E-state index contributed by atoms with van der Waals surface area (Å²) >= 11 is 0. The van der Waals surface area contributed by atoms with Crippen LogP contribution in [0.5, 0.6) is 23.0 Å². The van der Waals surface area contributed by atoms with Gasteiger partial charge >= 0.3 is 0 Å². The van der Waals surface area contributed by atoms with Crippen molar-refractivity contribution in [2.24, 2.45) is 5.73 Å². The van der Waals surface area contributed by atoms with Crippen molar-refractivity contribution in [1.82, 2.24) is 56.7 Å². The van der Waals surface area contributed by atoms with Gasteiger partial charge in [-0.15, -0.1) is 0 Å². The van der Waals surface area contributed by atoms with E-state index < -0.39 is 23.9 Å². The summed E-state index contributed by atoms with van der Waals surface area (Å²) in [6.07, 6.45) is 16.3. The van der Waals surface area contributed by atoms with Crippen molar-refractivity contribution in [1.29, 1.82) is 5.26 Å². The number of carbonyl (C=O) groups excluding carboxylic acids is 4. The molecule has 0 bridgehead atoms. The number of nitrogens with zero attached hydrogens (tertiary/aromatic N) is 5. The van der Waals surface area contributed by atoms with Gasteiger partial charge in [0.25, 0.3) is 17.7 Å². The molecule has 560 valence electrons. The molecule has 5 heterocycles. The highest BCUT2D eigenvalue weighted by atomic mass is 19.1. The van der Waals surface area contributed by atoms with E-state index >= 15 is 0 Å². The second-order valence-electron chi connectivity index (χ2n) is 24.7. The minimum atomic E-state index is -0.804. The number of hydrogen-bond acceptors (Lipinski definition) is 18. The Morgan fingerprint density at radius 2 is 0.973 bits per heavy atom. The Balaban J connectivity index is 0.000000148. The Labute approximate surface area is 635 Å². The van der Waals surface area contributed by atoms with Gasteiger partial charge in [0.1, 0.15) is 46.7 Å². The molecule has 0 radical (unpaired) electrons. The number of benzene rings is 9. The van der Waals surface area contributed by atoms with E-state index in [1.807, 2.05) is 140 Å². The molecule has 0 fully saturated rings. The van der Waals surface area contributed by atoms with Gasteiger partial charge in [-0.1, -0.05) is 103 Å². The summed E-state index contributed by atoms with van der Waals surface area (Å²) in [5.74, 6) is 0.386. The Morgan fingerprint density at radius 1 is 0.514 bits per heavy atom. The maximum absolute atomic E-state index is 13.6. The Kier molecular flexibility index (Phi) is 25.2. The largest absolute Gasteiger partial charge is 0.495 e. The van der Waals surface area contributed by atoms with Crippen LogP contribution in [0.25, 0.3) is 92.2 Å². The predicted octanol–water partition coefficient (Wildman–Crippen LogP) is 13.3. The van der Waals surface area contributed by atoms with Crippen LogP contribution in [0.2, 0.25) is 0 Å². The number of nitrogens with one attached hydrogen (secondary N) is 7. The van der Waals surface area contributed by atoms with Gasteiger partial charge < -0.3 is 67.4 Å². The second-order valence-corrected chi connectivity index (χ2v) is 24.7. The van der Waals surface area contributed by atoms with Crippen molar-refractivity contribution >= 4 is 133 Å². The van der Waals surface area contributed by atoms with Crippen LogP contribution in [0, 0.1) is 17.1 Å². The van der Waals surface area contributed by atoms with Crippen molar-refractivity contribution in [3.05, 3.63) is 279 Å². The number of hydrogen-bond donors (Lipinski definition) is 12. The Bertz CT molecular complexity index is 5780. The van der Waals surface area contributed by atoms with Crippen LogP contribution in [0.15, 0.2) is 199 Å². The third-order valence-corrected chi connectivity index (χ3v) is 17.4. The molecule has 27 heteroatoms. The molecule has 0 aliphatic rings. The number of halogens is 1. The fourth-order valence-corrected chi connectivity index (χ4v) is 11.7. The number of primary amides is 1. The molecule has 14 aromatic rings. The lowest BCUT2D eigenvalue weighted by molar-refractivity contribution is -0.119. The fourth-order valence-electron chi connectivity index (χ4n) is 11.7. The number of fused-ring (bicyclic) bond motifs is 4. The Hall–Kier alpha value is -15.0. The number of ether oxygens (including phenoxy) is 4. The molecule has 0 saturated heterocycles.